The highest BCUT2D eigenvalue weighted by Crippen LogP contribution is 2.26. The first-order valence-corrected chi connectivity index (χ1v) is 12.1. The number of thioether (sulfide) groups is 1. The topological polar surface area (TPSA) is 136 Å². The van der Waals surface area contributed by atoms with E-state index in [2.05, 4.69) is 15.6 Å². The quantitative estimate of drug-likeness (QED) is 0.589. The largest absolute Gasteiger partial charge is 0.335 e. The number of nitrogens with one attached hydrogen (secondary N) is 2. The number of amides is 3. The van der Waals surface area contributed by atoms with Gasteiger partial charge in [0.2, 0.25) is 15.9 Å². The third kappa shape index (κ3) is 5.49. The highest BCUT2D eigenvalue weighted by Gasteiger charge is 2.18. The van der Waals surface area contributed by atoms with Crippen molar-refractivity contribution in [2.45, 2.75) is 61.7 Å². The highest BCUT2D eigenvalue weighted by molar-refractivity contribution is 7.99. The lowest BCUT2D eigenvalue weighted by atomic mass is 9.96. The van der Waals surface area contributed by atoms with E-state index < -0.39 is 22.0 Å². The van der Waals surface area contributed by atoms with Gasteiger partial charge in [-0.25, -0.2) is 23.3 Å². The molecular weight excluding hydrogens is 414 g/mol. The maximum absolute atomic E-state index is 12.1. The number of sulfonamides is 1. The Balaban J connectivity index is 1.63. The summed E-state index contributed by atoms with van der Waals surface area (Å²) in [6, 6.07) is 4.15. The number of benzene rings is 1. The van der Waals surface area contributed by atoms with E-state index in [1.54, 1.807) is 6.07 Å². The Hall–Kier alpha value is -2.11. The van der Waals surface area contributed by atoms with Crippen molar-refractivity contribution >= 4 is 44.8 Å². The van der Waals surface area contributed by atoms with Crippen LogP contribution in [0.2, 0.25) is 0 Å². The van der Waals surface area contributed by atoms with Gasteiger partial charge in [0.05, 0.1) is 21.7 Å². The van der Waals surface area contributed by atoms with Crippen LogP contribution in [0.25, 0.3) is 11.0 Å². The normalized spacial score (nSPS) is 15.4. The molecule has 11 heteroatoms. The highest BCUT2D eigenvalue weighted by atomic mass is 32.2. The zero-order valence-corrected chi connectivity index (χ0v) is 17.8. The van der Waals surface area contributed by atoms with Gasteiger partial charge in [0, 0.05) is 12.6 Å². The number of imidazole rings is 1. The van der Waals surface area contributed by atoms with Crippen LogP contribution in [-0.2, 0) is 21.4 Å². The van der Waals surface area contributed by atoms with Crippen molar-refractivity contribution in [3.05, 3.63) is 18.2 Å². The summed E-state index contributed by atoms with van der Waals surface area (Å²) in [4.78, 5) is 28.5. The first kappa shape index (κ1) is 21.6. The fourth-order valence-corrected chi connectivity index (χ4v) is 4.85. The van der Waals surface area contributed by atoms with Crippen LogP contribution in [0.1, 0.15) is 39.0 Å². The van der Waals surface area contributed by atoms with Gasteiger partial charge in [0.1, 0.15) is 0 Å². The van der Waals surface area contributed by atoms with Crippen LogP contribution >= 0.6 is 11.8 Å². The Morgan fingerprint density at radius 2 is 2.00 bits per heavy atom. The molecule has 158 valence electrons. The third-order valence-electron chi connectivity index (χ3n) is 4.86. The Labute approximate surface area is 173 Å². The van der Waals surface area contributed by atoms with Gasteiger partial charge in [0.15, 0.2) is 5.16 Å². The molecule has 0 aliphatic heterocycles. The van der Waals surface area contributed by atoms with Crippen LogP contribution in [0.4, 0.5) is 4.79 Å². The maximum Gasteiger partial charge on any atom is 0.321 e. The summed E-state index contributed by atoms with van der Waals surface area (Å²) in [5, 5.41) is 10.9. The van der Waals surface area contributed by atoms with Crippen molar-refractivity contribution in [1.82, 2.24) is 20.2 Å². The number of hydrogen-bond donors (Lipinski definition) is 3. The molecule has 1 fully saturated rings. The van der Waals surface area contributed by atoms with Crippen LogP contribution in [0.15, 0.2) is 28.3 Å². The first-order chi connectivity index (χ1) is 13.8. The average Bonchev–Trinajstić information content (AvgIpc) is 3.03. The number of nitrogens with zero attached hydrogens (tertiary/aromatic N) is 2. The molecule has 0 unspecified atom stereocenters. The van der Waals surface area contributed by atoms with E-state index in [9.17, 15) is 18.0 Å². The molecule has 1 saturated carbocycles. The molecule has 9 nitrogen and oxygen atoms in total. The minimum atomic E-state index is -3.82. The predicted molar refractivity (Wildman–Crippen MR) is 111 cm³/mol. The molecule has 3 amide bonds. The van der Waals surface area contributed by atoms with Crippen molar-refractivity contribution in [2.24, 2.45) is 5.14 Å². The second-order valence-corrected chi connectivity index (χ2v) is 9.48. The van der Waals surface area contributed by atoms with Crippen molar-refractivity contribution in [1.29, 1.82) is 0 Å². The van der Waals surface area contributed by atoms with E-state index in [0.717, 1.165) is 31.2 Å². The Morgan fingerprint density at radius 1 is 1.28 bits per heavy atom. The molecule has 2 aromatic rings. The molecule has 1 aliphatic rings. The van der Waals surface area contributed by atoms with Gasteiger partial charge >= 0.3 is 6.03 Å². The zero-order chi connectivity index (χ0) is 21.0. The zero-order valence-electron chi connectivity index (χ0n) is 16.2. The van der Waals surface area contributed by atoms with E-state index in [4.69, 9.17) is 5.14 Å². The number of aromatic nitrogens is 2. The Morgan fingerprint density at radius 3 is 2.66 bits per heavy atom. The van der Waals surface area contributed by atoms with Crippen molar-refractivity contribution < 1.29 is 18.0 Å². The summed E-state index contributed by atoms with van der Waals surface area (Å²) in [6.07, 6.45) is 5.26. The van der Waals surface area contributed by atoms with Crippen molar-refractivity contribution in [3.8, 4) is 0 Å². The number of carbonyl (C=O) groups excluding carboxylic acids is 2. The first-order valence-electron chi connectivity index (χ1n) is 9.54. The number of aryl methyl sites for hydroxylation is 1. The molecular formula is C18H25N5O4S2. The van der Waals surface area contributed by atoms with Gasteiger partial charge in [-0.2, -0.15) is 0 Å². The monoisotopic (exact) mass is 439 g/mol. The standard InChI is InChI=1S/C18H25N5O4S2/c1-2-23-15-9-8-13(29(19,26)27)10-14(15)21-18(23)28-11-16(24)22-17(25)20-12-6-4-3-5-7-12/h8-10,12H,2-7,11H2,1H3,(H2,19,26,27)(H2,20,22,24,25). The smallest absolute Gasteiger partial charge is 0.321 e. The van der Waals surface area contributed by atoms with Crippen LogP contribution < -0.4 is 15.8 Å². The molecule has 0 bridgehead atoms. The van der Waals surface area contributed by atoms with Crippen LogP contribution in [0.5, 0.6) is 0 Å². The molecule has 3 rings (SSSR count). The summed E-state index contributed by atoms with van der Waals surface area (Å²) in [5.74, 6) is -0.396. The number of imide groups is 1. The molecule has 1 aliphatic carbocycles. The molecule has 0 saturated heterocycles. The van der Waals surface area contributed by atoms with E-state index in [-0.39, 0.29) is 16.7 Å². The Kier molecular flexibility index (Phi) is 6.81. The summed E-state index contributed by atoms with van der Waals surface area (Å²) >= 11 is 1.19. The third-order valence-corrected chi connectivity index (χ3v) is 6.74. The minimum absolute atomic E-state index is 0.0144. The molecule has 0 spiro atoms. The maximum atomic E-state index is 12.1. The fourth-order valence-electron chi connectivity index (χ4n) is 3.44. The molecule has 0 radical (unpaired) electrons. The number of fused-ring (bicyclic) bond motifs is 1. The number of hydrogen-bond acceptors (Lipinski definition) is 6. The van der Waals surface area contributed by atoms with Gasteiger partial charge in [-0.3, -0.25) is 10.1 Å². The van der Waals surface area contributed by atoms with E-state index in [0.29, 0.717) is 17.2 Å². The van der Waals surface area contributed by atoms with Gasteiger partial charge in [-0.05, 0) is 38.0 Å². The summed E-state index contributed by atoms with van der Waals surface area (Å²) in [7, 11) is -3.82. The van der Waals surface area contributed by atoms with E-state index in [1.165, 1.54) is 30.3 Å². The average molecular weight is 440 g/mol. The molecule has 1 aromatic heterocycles. The molecule has 1 heterocycles. The van der Waals surface area contributed by atoms with Crippen LogP contribution in [0.3, 0.4) is 0 Å². The number of urea groups is 1. The van der Waals surface area contributed by atoms with Gasteiger partial charge in [-0.1, -0.05) is 31.0 Å². The molecule has 29 heavy (non-hydrogen) atoms. The SMILES string of the molecule is CCn1c(SCC(=O)NC(=O)NC2CCCCC2)nc2cc(S(N)(=O)=O)ccc21. The predicted octanol–water partition coefficient (Wildman–Crippen LogP) is 1.95. The summed E-state index contributed by atoms with van der Waals surface area (Å²) < 4.78 is 25.0. The van der Waals surface area contributed by atoms with Crippen LogP contribution in [0, 0.1) is 0 Å². The molecule has 1 aromatic carbocycles. The van der Waals surface area contributed by atoms with E-state index >= 15 is 0 Å². The lowest BCUT2D eigenvalue weighted by Crippen LogP contribution is -2.45. The fraction of sp³-hybridized carbons (Fsp3) is 0.500. The lowest BCUT2D eigenvalue weighted by molar-refractivity contribution is -0.117. The van der Waals surface area contributed by atoms with Crippen molar-refractivity contribution in [3.63, 3.8) is 0 Å². The summed E-state index contributed by atoms with van der Waals surface area (Å²) in [5.41, 5.74) is 1.23. The van der Waals surface area contributed by atoms with Crippen LogP contribution in [-0.4, -0.2) is 41.7 Å². The number of nitrogens with two attached hydrogens (primary N) is 1. The number of primary sulfonamides is 1. The molecule has 4 N–H and O–H groups in total. The van der Waals surface area contributed by atoms with E-state index in [1.807, 2.05) is 11.5 Å². The van der Waals surface area contributed by atoms with Crippen molar-refractivity contribution in [2.75, 3.05) is 5.75 Å². The summed E-state index contributed by atoms with van der Waals surface area (Å²) in [6.45, 7) is 2.52. The lowest BCUT2D eigenvalue weighted by Gasteiger charge is -2.22. The number of carbonyl (C=O) groups is 2. The number of rotatable bonds is 6. The van der Waals surface area contributed by atoms with Gasteiger partial charge in [-0.15, -0.1) is 0 Å². The van der Waals surface area contributed by atoms with Gasteiger partial charge < -0.3 is 9.88 Å². The Bertz CT molecular complexity index is 1010. The second kappa shape index (κ2) is 9.14. The second-order valence-electron chi connectivity index (χ2n) is 6.98. The molecule has 0 atom stereocenters. The van der Waals surface area contributed by atoms with Gasteiger partial charge in [0.25, 0.3) is 0 Å². The minimum Gasteiger partial charge on any atom is -0.335 e.